The van der Waals surface area contributed by atoms with Gasteiger partial charge in [0.25, 0.3) is 5.69 Å². The van der Waals surface area contributed by atoms with Crippen LogP contribution in [-0.4, -0.2) is 45.5 Å². The maximum atomic E-state index is 11.9. The van der Waals surface area contributed by atoms with Gasteiger partial charge in [-0.2, -0.15) is 5.10 Å². The summed E-state index contributed by atoms with van der Waals surface area (Å²) in [5.41, 5.74) is 11.1. The lowest BCUT2D eigenvalue weighted by molar-refractivity contribution is -0.385. The molecule has 0 atom stereocenters. The Morgan fingerprint density at radius 1 is 1.14 bits per heavy atom. The fourth-order valence-electron chi connectivity index (χ4n) is 3.88. The molecule has 4 rings (SSSR count). The van der Waals surface area contributed by atoms with E-state index in [2.05, 4.69) is 15.5 Å². The maximum Gasteiger partial charge on any atom is 0.352 e. The number of hydrazine groups is 1. The number of nitrogens with two attached hydrogens (primary N) is 2. The molecule has 0 saturated carbocycles. The number of para-hydroxylation sites is 1. The molecule has 13 nitrogen and oxygen atoms in total. The fraction of sp³-hybridized carbons (Fsp3) is 0.107. The number of anilines is 2. The zero-order valence-corrected chi connectivity index (χ0v) is 23.1. The zero-order valence-electron chi connectivity index (χ0n) is 22.3. The van der Waals surface area contributed by atoms with E-state index in [-0.39, 0.29) is 35.7 Å². The van der Waals surface area contributed by atoms with Crippen LogP contribution in [0.3, 0.4) is 0 Å². The molecule has 0 aliphatic rings. The van der Waals surface area contributed by atoms with Crippen molar-refractivity contribution in [2.24, 2.45) is 16.7 Å². The molecule has 7 N–H and O–H groups in total. The van der Waals surface area contributed by atoms with Crippen LogP contribution in [0.2, 0.25) is 0 Å². The highest BCUT2D eigenvalue weighted by molar-refractivity contribution is 7.19. The number of rotatable bonds is 12. The van der Waals surface area contributed by atoms with Crippen molar-refractivity contribution in [1.29, 1.82) is 0 Å². The van der Waals surface area contributed by atoms with Gasteiger partial charge in [-0.1, -0.05) is 41.7 Å². The summed E-state index contributed by atoms with van der Waals surface area (Å²) in [6.45, 7) is -0.331. The van der Waals surface area contributed by atoms with Crippen LogP contribution in [0.1, 0.15) is 5.56 Å². The molecule has 0 saturated heterocycles. The molecule has 1 heterocycles. The molecule has 3 aromatic carbocycles. The van der Waals surface area contributed by atoms with Gasteiger partial charge in [-0.05, 0) is 42.0 Å². The maximum absolute atomic E-state index is 11.9. The quantitative estimate of drug-likeness (QED) is 0.0692. The Bertz CT molecular complexity index is 1640. The van der Waals surface area contributed by atoms with Crippen LogP contribution in [0.5, 0.6) is 5.75 Å². The molecule has 4 aromatic rings. The van der Waals surface area contributed by atoms with Crippen molar-refractivity contribution in [3.8, 4) is 27.4 Å². The van der Waals surface area contributed by atoms with Crippen LogP contribution in [0.25, 0.3) is 21.7 Å². The van der Waals surface area contributed by atoms with E-state index in [4.69, 9.17) is 21.4 Å². The van der Waals surface area contributed by atoms with Crippen molar-refractivity contribution in [2.75, 3.05) is 24.2 Å². The third kappa shape index (κ3) is 7.06. The molecule has 0 fully saturated rings. The first-order chi connectivity index (χ1) is 20.2. The van der Waals surface area contributed by atoms with Gasteiger partial charge in [-0.25, -0.2) is 15.6 Å². The highest BCUT2D eigenvalue weighted by Crippen LogP contribution is 2.40. The van der Waals surface area contributed by atoms with Crippen molar-refractivity contribution >= 4 is 39.5 Å². The number of hydrogen-bond donors (Lipinski definition) is 5. The number of nitro groups is 1. The Balaban J connectivity index is 1.69. The molecule has 0 spiro atoms. The SMILES string of the molecule is COc1ccc(-c2nc(N/N=C(\Cc3ccccc3[N+](=O)[O-])C(=O)O)sc2-c2ccc(N(N)/C=C(\N)CO)cc2)cc1. The summed E-state index contributed by atoms with van der Waals surface area (Å²) in [7, 11) is 1.57. The van der Waals surface area contributed by atoms with Crippen molar-refractivity contribution < 1.29 is 24.7 Å². The number of aliphatic carboxylic acids is 1. The summed E-state index contributed by atoms with van der Waals surface area (Å²) < 4.78 is 5.26. The fourth-order valence-corrected chi connectivity index (χ4v) is 4.82. The minimum Gasteiger partial charge on any atom is -0.497 e. The van der Waals surface area contributed by atoms with Crippen LogP contribution in [0.4, 0.5) is 16.5 Å². The number of benzene rings is 3. The molecule has 0 radical (unpaired) electrons. The van der Waals surface area contributed by atoms with Crippen LogP contribution in [0.15, 0.2) is 89.8 Å². The highest BCUT2D eigenvalue weighted by Gasteiger charge is 2.20. The van der Waals surface area contributed by atoms with Gasteiger partial charge < -0.3 is 20.7 Å². The van der Waals surface area contributed by atoms with Gasteiger partial charge in [0, 0.05) is 29.8 Å². The molecular weight excluding hydrogens is 562 g/mol. The number of thiazole rings is 1. The first-order valence-corrected chi connectivity index (χ1v) is 13.2. The Labute approximate surface area is 244 Å². The molecule has 0 bridgehead atoms. The summed E-state index contributed by atoms with van der Waals surface area (Å²) in [5.74, 6) is 5.36. The highest BCUT2D eigenvalue weighted by atomic mass is 32.1. The second-order valence-corrected chi connectivity index (χ2v) is 9.78. The zero-order chi connectivity index (χ0) is 30.2. The largest absolute Gasteiger partial charge is 0.497 e. The number of ether oxygens (including phenoxy) is 1. The van der Waals surface area contributed by atoms with E-state index < -0.39 is 10.9 Å². The van der Waals surface area contributed by atoms with Gasteiger partial charge in [0.15, 0.2) is 0 Å². The molecule has 14 heteroatoms. The predicted octanol–water partition coefficient (Wildman–Crippen LogP) is 3.96. The third-order valence-corrected chi connectivity index (χ3v) is 6.99. The van der Waals surface area contributed by atoms with Crippen LogP contribution < -0.4 is 26.7 Å². The van der Waals surface area contributed by atoms with Crippen LogP contribution >= 0.6 is 11.3 Å². The van der Waals surface area contributed by atoms with Crippen molar-refractivity contribution in [3.05, 3.63) is 100 Å². The van der Waals surface area contributed by atoms with Crippen LogP contribution in [-0.2, 0) is 11.2 Å². The summed E-state index contributed by atoms with van der Waals surface area (Å²) in [5, 5.41) is 35.9. The number of hydrazone groups is 1. The number of carboxylic acids is 1. The number of methoxy groups -OCH3 is 1. The predicted molar refractivity (Wildman–Crippen MR) is 161 cm³/mol. The summed E-state index contributed by atoms with van der Waals surface area (Å²) in [4.78, 5) is 28.2. The first kappa shape index (κ1) is 29.7. The lowest BCUT2D eigenvalue weighted by Crippen LogP contribution is -2.26. The summed E-state index contributed by atoms with van der Waals surface area (Å²) in [6, 6.07) is 20.4. The summed E-state index contributed by atoms with van der Waals surface area (Å²) in [6.07, 6.45) is 1.14. The first-order valence-electron chi connectivity index (χ1n) is 12.3. The number of aliphatic hydroxyl groups is 1. The van der Waals surface area contributed by atoms with Crippen LogP contribution in [0, 0.1) is 10.1 Å². The Morgan fingerprint density at radius 3 is 2.43 bits per heavy atom. The van der Waals surface area contributed by atoms with E-state index in [1.807, 2.05) is 24.3 Å². The Morgan fingerprint density at radius 2 is 1.81 bits per heavy atom. The Kier molecular flexibility index (Phi) is 9.44. The second-order valence-electron chi connectivity index (χ2n) is 8.78. The minimum atomic E-state index is -1.33. The topological polar surface area (TPSA) is 202 Å². The van der Waals surface area contributed by atoms with E-state index in [1.165, 1.54) is 40.7 Å². The average molecular weight is 590 g/mol. The smallest absolute Gasteiger partial charge is 0.352 e. The number of carbonyl (C=O) groups is 1. The number of nitrogens with zero attached hydrogens (tertiary/aromatic N) is 4. The van der Waals surface area contributed by atoms with Crippen molar-refractivity contribution in [1.82, 2.24) is 4.98 Å². The number of hydrogen-bond acceptors (Lipinski definition) is 12. The van der Waals surface area contributed by atoms with Gasteiger partial charge in [0.2, 0.25) is 5.13 Å². The molecule has 216 valence electrons. The molecule has 0 aliphatic carbocycles. The summed E-state index contributed by atoms with van der Waals surface area (Å²) >= 11 is 1.24. The average Bonchev–Trinajstić information content (AvgIpc) is 3.43. The molecule has 0 amide bonds. The van der Waals surface area contributed by atoms with Gasteiger partial charge in [-0.3, -0.25) is 20.5 Å². The second kappa shape index (κ2) is 13.4. The normalized spacial score (nSPS) is 11.7. The Hall–Kier alpha value is -5.31. The lowest BCUT2D eigenvalue weighted by Gasteiger charge is -2.15. The molecular formula is C28H27N7O6S. The van der Waals surface area contributed by atoms with Crippen molar-refractivity contribution in [3.63, 3.8) is 0 Å². The number of carboxylic acid groups (broad SMARTS) is 1. The number of aromatic nitrogens is 1. The molecule has 0 aliphatic heterocycles. The number of aliphatic hydroxyl groups excluding tert-OH is 1. The van der Waals surface area contributed by atoms with Crippen molar-refractivity contribution in [2.45, 2.75) is 6.42 Å². The lowest BCUT2D eigenvalue weighted by atomic mass is 10.1. The molecule has 42 heavy (non-hydrogen) atoms. The standard InChI is InChI=1S/C28H27N7O6S/c1-41-22-12-8-17(9-13-22)25-26(18-6-10-21(11-7-18)34(30)15-20(29)16-36)42-28(31-25)33-32-23(27(37)38)14-19-4-2-3-5-24(19)35(39)40/h2-13,15,36H,14,16,29-30H2,1H3,(H,31,33)(H,37,38)/b20-15-,32-23+. The molecule has 0 unspecified atom stereocenters. The van der Waals surface area contributed by atoms with Gasteiger partial charge in [0.1, 0.15) is 11.5 Å². The van der Waals surface area contributed by atoms with E-state index in [9.17, 15) is 20.0 Å². The van der Waals surface area contributed by atoms with E-state index >= 15 is 0 Å². The monoisotopic (exact) mass is 589 g/mol. The van der Waals surface area contributed by atoms with E-state index in [0.717, 1.165) is 16.0 Å². The van der Waals surface area contributed by atoms with Gasteiger partial charge in [-0.15, -0.1) is 0 Å². The third-order valence-electron chi connectivity index (χ3n) is 5.99. The number of nitrogens with one attached hydrogen (secondary N) is 1. The van der Waals surface area contributed by atoms with Gasteiger partial charge >= 0.3 is 5.97 Å². The van der Waals surface area contributed by atoms with E-state index in [0.29, 0.717) is 22.3 Å². The number of nitro benzene ring substituents is 1. The van der Waals surface area contributed by atoms with E-state index in [1.54, 1.807) is 37.4 Å². The molecule has 1 aromatic heterocycles. The van der Waals surface area contributed by atoms with Gasteiger partial charge in [0.05, 0.1) is 40.6 Å². The minimum absolute atomic E-state index is 0.196.